The number of amides is 1. The lowest BCUT2D eigenvalue weighted by atomic mass is 10.2. The van der Waals surface area contributed by atoms with Gasteiger partial charge in [-0.15, -0.1) is 0 Å². The molecule has 0 saturated carbocycles. The molecule has 0 unspecified atom stereocenters. The summed E-state index contributed by atoms with van der Waals surface area (Å²) in [7, 11) is -3.07. The summed E-state index contributed by atoms with van der Waals surface area (Å²) in [5.41, 5.74) is 0. The Morgan fingerprint density at radius 1 is 1.30 bits per heavy atom. The number of hydrogen-bond acceptors (Lipinski definition) is 6. The molecular formula is C14H16ClNO6S. The molecule has 1 aliphatic heterocycles. The smallest absolute Gasteiger partial charge is 0.344 e. The Hall–Kier alpha value is -1.80. The topological polar surface area (TPSA) is 98.8 Å². The minimum Gasteiger partial charge on any atom is -0.482 e. The summed E-state index contributed by atoms with van der Waals surface area (Å²) in [5.74, 6) is -0.854. The molecular weight excluding hydrogens is 346 g/mol. The summed E-state index contributed by atoms with van der Waals surface area (Å²) in [6.07, 6.45) is 0.375. The fourth-order valence-corrected chi connectivity index (χ4v) is 3.92. The lowest BCUT2D eigenvalue weighted by Crippen LogP contribution is -2.38. The minimum absolute atomic E-state index is 0.0607. The van der Waals surface area contributed by atoms with E-state index in [9.17, 15) is 18.0 Å². The summed E-state index contributed by atoms with van der Waals surface area (Å²) < 4.78 is 32.5. The first-order valence-corrected chi connectivity index (χ1v) is 9.08. The highest BCUT2D eigenvalue weighted by Gasteiger charge is 2.29. The highest BCUT2D eigenvalue weighted by atomic mass is 35.5. The molecule has 1 N–H and O–H groups in total. The van der Waals surface area contributed by atoms with Crippen LogP contribution in [0.3, 0.4) is 0 Å². The molecule has 1 aromatic rings. The maximum absolute atomic E-state index is 11.6. The van der Waals surface area contributed by atoms with E-state index in [0.717, 1.165) is 0 Å². The number of benzene rings is 1. The van der Waals surface area contributed by atoms with Crippen molar-refractivity contribution >= 4 is 33.3 Å². The second kappa shape index (κ2) is 7.65. The largest absolute Gasteiger partial charge is 0.482 e. The molecule has 2 rings (SSSR count). The standard InChI is InChI=1S/C14H16ClNO6S/c15-10-2-1-3-12(6-10)21-8-14(18)22-7-13(17)16-11-4-5-23(19,20)9-11/h1-3,6,11H,4-5,7-9H2,(H,16,17)/t11-/m0/s1. The van der Waals surface area contributed by atoms with Gasteiger partial charge >= 0.3 is 5.97 Å². The Morgan fingerprint density at radius 2 is 2.09 bits per heavy atom. The monoisotopic (exact) mass is 361 g/mol. The summed E-state index contributed by atoms with van der Waals surface area (Å²) in [4.78, 5) is 23.1. The van der Waals surface area contributed by atoms with Gasteiger partial charge in [-0.1, -0.05) is 17.7 Å². The van der Waals surface area contributed by atoms with Crippen LogP contribution in [0.4, 0.5) is 0 Å². The first-order valence-electron chi connectivity index (χ1n) is 6.88. The zero-order chi connectivity index (χ0) is 16.9. The van der Waals surface area contributed by atoms with Crippen LogP contribution < -0.4 is 10.1 Å². The Morgan fingerprint density at radius 3 is 2.74 bits per heavy atom. The van der Waals surface area contributed by atoms with Crippen molar-refractivity contribution in [1.29, 1.82) is 0 Å². The van der Waals surface area contributed by atoms with Crippen molar-refractivity contribution < 1.29 is 27.5 Å². The Balaban J connectivity index is 1.67. The van der Waals surface area contributed by atoms with Crippen LogP contribution in [0.5, 0.6) is 5.75 Å². The third kappa shape index (κ3) is 6.07. The van der Waals surface area contributed by atoms with Crippen molar-refractivity contribution in [1.82, 2.24) is 5.32 Å². The van der Waals surface area contributed by atoms with Crippen LogP contribution in [0.2, 0.25) is 5.02 Å². The van der Waals surface area contributed by atoms with Gasteiger partial charge in [-0.2, -0.15) is 0 Å². The normalized spacial score (nSPS) is 19.1. The molecule has 1 amide bonds. The zero-order valence-corrected chi connectivity index (χ0v) is 13.7. The number of hydrogen-bond donors (Lipinski definition) is 1. The molecule has 1 aliphatic rings. The van der Waals surface area contributed by atoms with Crippen LogP contribution in [0.25, 0.3) is 0 Å². The molecule has 23 heavy (non-hydrogen) atoms. The summed E-state index contributed by atoms with van der Waals surface area (Å²) in [5, 5.41) is 2.99. The Kier molecular flexibility index (Phi) is 5.84. The number of rotatable bonds is 6. The van der Waals surface area contributed by atoms with Gasteiger partial charge in [-0.05, 0) is 24.6 Å². The quantitative estimate of drug-likeness (QED) is 0.743. The molecule has 1 heterocycles. The van der Waals surface area contributed by atoms with E-state index >= 15 is 0 Å². The summed E-state index contributed by atoms with van der Waals surface area (Å²) in [6, 6.07) is 6.09. The van der Waals surface area contributed by atoms with E-state index in [1.807, 2.05) is 0 Å². The van der Waals surface area contributed by atoms with Gasteiger partial charge in [0.05, 0.1) is 11.5 Å². The molecule has 0 radical (unpaired) electrons. The highest BCUT2D eigenvalue weighted by molar-refractivity contribution is 7.91. The van der Waals surface area contributed by atoms with Crippen LogP contribution >= 0.6 is 11.6 Å². The van der Waals surface area contributed by atoms with Gasteiger partial charge in [0.1, 0.15) is 5.75 Å². The maximum atomic E-state index is 11.6. The van der Waals surface area contributed by atoms with E-state index in [0.29, 0.717) is 17.2 Å². The number of nitrogens with one attached hydrogen (secondary N) is 1. The van der Waals surface area contributed by atoms with Crippen molar-refractivity contribution in [3.63, 3.8) is 0 Å². The molecule has 0 aliphatic carbocycles. The minimum atomic E-state index is -3.07. The molecule has 1 fully saturated rings. The average molecular weight is 362 g/mol. The number of carbonyl (C=O) groups excluding carboxylic acids is 2. The summed E-state index contributed by atoms with van der Waals surface area (Å²) in [6.45, 7) is -0.834. The fraction of sp³-hybridized carbons (Fsp3) is 0.429. The second-order valence-corrected chi connectivity index (χ2v) is 7.74. The Bertz CT molecular complexity index is 690. The van der Waals surface area contributed by atoms with Gasteiger partial charge in [0, 0.05) is 11.1 Å². The fourth-order valence-electron chi connectivity index (χ4n) is 2.06. The van der Waals surface area contributed by atoms with Gasteiger partial charge in [0.15, 0.2) is 23.1 Å². The molecule has 0 aromatic heterocycles. The van der Waals surface area contributed by atoms with E-state index in [-0.39, 0.29) is 18.1 Å². The van der Waals surface area contributed by atoms with E-state index in [4.69, 9.17) is 21.1 Å². The molecule has 9 heteroatoms. The van der Waals surface area contributed by atoms with Gasteiger partial charge in [0.25, 0.3) is 5.91 Å². The van der Waals surface area contributed by atoms with E-state index in [1.165, 1.54) is 0 Å². The molecule has 126 valence electrons. The van der Waals surface area contributed by atoms with Crippen molar-refractivity contribution in [2.45, 2.75) is 12.5 Å². The lowest BCUT2D eigenvalue weighted by Gasteiger charge is -2.11. The maximum Gasteiger partial charge on any atom is 0.344 e. The van der Waals surface area contributed by atoms with Gasteiger partial charge in [-0.25, -0.2) is 13.2 Å². The molecule has 0 spiro atoms. The second-order valence-electron chi connectivity index (χ2n) is 5.07. The van der Waals surface area contributed by atoms with E-state index in [2.05, 4.69) is 5.32 Å². The lowest BCUT2D eigenvalue weighted by molar-refractivity contribution is -0.150. The van der Waals surface area contributed by atoms with Crippen molar-refractivity contribution in [3.8, 4) is 5.75 Å². The highest BCUT2D eigenvalue weighted by Crippen LogP contribution is 2.16. The van der Waals surface area contributed by atoms with E-state index in [1.54, 1.807) is 24.3 Å². The van der Waals surface area contributed by atoms with Gasteiger partial charge in [-0.3, -0.25) is 4.79 Å². The third-order valence-electron chi connectivity index (χ3n) is 3.11. The first kappa shape index (κ1) is 17.6. The molecule has 1 aromatic carbocycles. The zero-order valence-electron chi connectivity index (χ0n) is 12.2. The average Bonchev–Trinajstić information content (AvgIpc) is 2.82. The third-order valence-corrected chi connectivity index (χ3v) is 5.12. The predicted octanol–water partition coefficient (Wildman–Crippen LogP) is 0.565. The molecule has 1 saturated heterocycles. The van der Waals surface area contributed by atoms with Crippen molar-refractivity contribution in [2.24, 2.45) is 0 Å². The van der Waals surface area contributed by atoms with Crippen LogP contribution in [0, 0.1) is 0 Å². The number of sulfone groups is 1. The SMILES string of the molecule is O=C(COC(=O)COc1cccc(Cl)c1)N[C@H]1CCS(=O)(=O)C1. The van der Waals surface area contributed by atoms with Crippen LogP contribution in [-0.2, 0) is 24.2 Å². The van der Waals surface area contributed by atoms with Crippen LogP contribution in [0.1, 0.15) is 6.42 Å². The first-order chi connectivity index (χ1) is 10.8. The Labute approximate surface area is 138 Å². The molecule has 0 bridgehead atoms. The van der Waals surface area contributed by atoms with E-state index < -0.39 is 34.4 Å². The number of esters is 1. The number of halogens is 1. The number of ether oxygens (including phenoxy) is 2. The predicted molar refractivity (Wildman–Crippen MR) is 83.1 cm³/mol. The van der Waals surface area contributed by atoms with Crippen LogP contribution in [-0.4, -0.2) is 51.1 Å². The van der Waals surface area contributed by atoms with Crippen molar-refractivity contribution in [3.05, 3.63) is 29.3 Å². The van der Waals surface area contributed by atoms with Gasteiger partial charge < -0.3 is 14.8 Å². The van der Waals surface area contributed by atoms with Crippen LogP contribution in [0.15, 0.2) is 24.3 Å². The van der Waals surface area contributed by atoms with Crippen molar-refractivity contribution in [2.75, 3.05) is 24.7 Å². The van der Waals surface area contributed by atoms with Gasteiger partial charge in [0.2, 0.25) is 0 Å². The number of carbonyl (C=O) groups is 2. The molecule has 7 nitrogen and oxygen atoms in total. The molecule has 1 atom stereocenters. The summed E-state index contributed by atoms with van der Waals surface area (Å²) >= 11 is 5.77.